The second-order valence-corrected chi connectivity index (χ2v) is 5.91. The van der Waals surface area contributed by atoms with Gasteiger partial charge in [0.25, 0.3) is 0 Å². The molecule has 1 heterocycles. The number of carbonyl (C=O) groups is 1. The summed E-state index contributed by atoms with van der Waals surface area (Å²) in [6.07, 6.45) is 15.9. The normalized spacial score (nSPS) is 34.2. The van der Waals surface area contributed by atoms with E-state index in [1.807, 2.05) is 30.4 Å². The summed E-state index contributed by atoms with van der Waals surface area (Å²) in [5.41, 5.74) is 1.84. The standard InChI is InChI=1S/C17H18ClNO2/c1-21-16-9-5-3-7-12(16)15-10-13(17(18)20)11-6-2-4-8-14(11)19-15/h3-5,7-13,16H,2,6H2,1H3. The van der Waals surface area contributed by atoms with E-state index in [1.165, 1.54) is 0 Å². The molecule has 0 N–H and O–H groups in total. The van der Waals surface area contributed by atoms with Crippen LogP contribution in [0.25, 0.3) is 0 Å². The molecule has 2 aliphatic carbocycles. The van der Waals surface area contributed by atoms with E-state index in [0.717, 1.165) is 24.3 Å². The van der Waals surface area contributed by atoms with E-state index in [-0.39, 0.29) is 29.1 Å². The van der Waals surface area contributed by atoms with Gasteiger partial charge >= 0.3 is 0 Å². The van der Waals surface area contributed by atoms with Crippen LogP contribution < -0.4 is 0 Å². The molecular formula is C17H18ClNO2. The minimum atomic E-state index is -0.301. The molecule has 0 aromatic rings. The summed E-state index contributed by atoms with van der Waals surface area (Å²) in [6, 6.07) is 0. The van der Waals surface area contributed by atoms with E-state index in [4.69, 9.17) is 21.3 Å². The smallest absolute Gasteiger partial charge is 0.229 e. The Balaban J connectivity index is 1.97. The number of aliphatic imine (C=N–C) groups is 1. The van der Waals surface area contributed by atoms with Crippen LogP contribution in [0.4, 0.5) is 0 Å². The van der Waals surface area contributed by atoms with Crippen LogP contribution >= 0.6 is 11.6 Å². The van der Waals surface area contributed by atoms with Crippen molar-refractivity contribution in [3.63, 3.8) is 0 Å². The minimum Gasteiger partial charge on any atom is -0.376 e. The Bertz CT molecular complexity index is 586. The lowest BCUT2D eigenvalue weighted by atomic mass is 9.78. The van der Waals surface area contributed by atoms with Crippen LogP contribution in [-0.2, 0) is 9.53 Å². The largest absolute Gasteiger partial charge is 0.376 e. The summed E-state index contributed by atoms with van der Waals surface area (Å²) in [5.74, 6) is -0.133. The van der Waals surface area contributed by atoms with Gasteiger partial charge in [0.2, 0.25) is 5.24 Å². The molecule has 21 heavy (non-hydrogen) atoms. The van der Waals surface area contributed by atoms with Gasteiger partial charge in [-0.05, 0) is 36.6 Å². The Labute approximate surface area is 129 Å². The van der Waals surface area contributed by atoms with Crippen molar-refractivity contribution in [2.24, 2.45) is 22.7 Å². The molecule has 0 aromatic carbocycles. The molecule has 0 aromatic heterocycles. The quantitative estimate of drug-likeness (QED) is 0.749. The van der Waals surface area contributed by atoms with E-state index in [9.17, 15) is 4.79 Å². The Kier molecular flexibility index (Phi) is 4.22. The van der Waals surface area contributed by atoms with Crippen LogP contribution in [-0.4, -0.2) is 24.2 Å². The highest BCUT2D eigenvalue weighted by Gasteiger charge is 2.35. The van der Waals surface area contributed by atoms with Gasteiger partial charge < -0.3 is 4.74 Å². The first kappa shape index (κ1) is 14.5. The third-order valence-electron chi connectivity index (χ3n) is 4.31. The predicted molar refractivity (Wildman–Crippen MR) is 84.3 cm³/mol. The van der Waals surface area contributed by atoms with Crippen LogP contribution in [0.5, 0.6) is 0 Å². The lowest BCUT2D eigenvalue weighted by molar-refractivity contribution is -0.114. The molecule has 4 unspecified atom stereocenters. The molecule has 3 nitrogen and oxygen atoms in total. The Morgan fingerprint density at radius 2 is 2.19 bits per heavy atom. The van der Waals surface area contributed by atoms with Crippen molar-refractivity contribution in [3.05, 3.63) is 48.2 Å². The molecule has 0 amide bonds. The van der Waals surface area contributed by atoms with E-state index in [2.05, 4.69) is 12.2 Å². The van der Waals surface area contributed by atoms with Gasteiger partial charge in [-0.1, -0.05) is 30.4 Å². The lowest BCUT2D eigenvalue weighted by Gasteiger charge is -2.32. The summed E-state index contributed by atoms with van der Waals surface area (Å²) in [7, 11) is 1.69. The third kappa shape index (κ3) is 2.81. The summed E-state index contributed by atoms with van der Waals surface area (Å²) in [4.78, 5) is 16.6. The molecule has 3 aliphatic rings. The highest BCUT2D eigenvalue weighted by molar-refractivity contribution is 6.64. The van der Waals surface area contributed by atoms with Crippen molar-refractivity contribution in [2.45, 2.75) is 18.9 Å². The van der Waals surface area contributed by atoms with Gasteiger partial charge in [0.15, 0.2) is 0 Å². The fourth-order valence-electron chi connectivity index (χ4n) is 3.21. The van der Waals surface area contributed by atoms with E-state index >= 15 is 0 Å². The number of halogens is 1. The van der Waals surface area contributed by atoms with Crippen molar-refractivity contribution in [3.8, 4) is 0 Å². The second-order valence-electron chi connectivity index (χ2n) is 5.54. The number of allylic oxidation sites excluding steroid dienone is 5. The third-order valence-corrected chi connectivity index (χ3v) is 4.57. The van der Waals surface area contributed by atoms with Gasteiger partial charge in [-0.2, -0.15) is 0 Å². The number of carbonyl (C=O) groups excluding carboxylic acids is 1. The number of fused-ring (bicyclic) bond motifs is 1. The van der Waals surface area contributed by atoms with E-state index < -0.39 is 0 Å². The summed E-state index contributed by atoms with van der Waals surface area (Å²) in [6.45, 7) is 0. The van der Waals surface area contributed by atoms with Gasteiger partial charge in [-0.25, -0.2) is 0 Å². The number of ether oxygens (including phenoxy) is 1. The van der Waals surface area contributed by atoms with Crippen LogP contribution in [0.15, 0.2) is 53.2 Å². The molecule has 0 radical (unpaired) electrons. The summed E-state index contributed by atoms with van der Waals surface area (Å²) >= 11 is 5.83. The molecule has 4 heteroatoms. The van der Waals surface area contributed by atoms with Crippen molar-refractivity contribution in [1.82, 2.24) is 0 Å². The van der Waals surface area contributed by atoms with Gasteiger partial charge in [0, 0.05) is 30.4 Å². The maximum absolute atomic E-state index is 11.8. The van der Waals surface area contributed by atoms with Crippen LogP contribution in [0, 0.1) is 17.8 Å². The van der Waals surface area contributed by atoms with Crippen LogP contribution in [0.1, 0.15) is 12.8 Å². The highest BCUT2D eigenvalue weighted by atomic mass is 35.5. The van der Waals surface area contributed by atoms with Crippen LogP contribution in [0.3, 0.4) is 0 Å². The summed E-state index contributed by atoms with van der Waals surface area (Å²) in [5, 5.41) is -0.301. The molecule has 0 bridgehead atoms. The van der Waals surface area contributed by atoms with Crippen molar-refractivity contribution < 1.29 is 9.53 Å². The molecule has 0 fully saturated rings. The number of methoxy groups -OCH3 is 1. The fourth-order valence-corrected chi connectivity index (χ4v) is 3.42. The van der Waals surface area contributed by atoms with Gasteiger partial charge in [0.05, 0.1) is 12.0 Å². The maximum Gasteiger partial charge on any atom is 0.229 e. The molecule has 1 aliphatic heterocycles. The van der Waals surface area contributed by atoms with Gasteiger partial charge in [-0.3, -0.25) is 9.79 Å². The first-order valence-electron chi connectivity index (χ1n) is 7.24. The zero-order valence-electron chi connectivity index (χ0n) is 11.9. The number of hydrogen-bond donors (Lipinski definition) is 0. The Morgan fingerprint density at radius 1 is 1.38 bits per heavy atom. The Morgan fingerprint density at radius 3 is 2.95 bits per heavy atom. The topological polar surface area (TPSA) is 38.7 Å². The van der Waals surface area contributed by atoms with Crippen molar-refractivity contribution >= 4 is 22.6 Å². The second kappa shape index (κ2) is 6.12. The molecule has 3 rings (SSSR count). The minimum absolute atomic E-state index is 0.0299. The number of nitrogens with zero attached hydrogens (tertiary/aromatic N) is 1. The number of rotatable bonds is 3. The van der Waals surface area contributed by atoms with E-state index in [0.29, 0.717) is 0 Å². The van der Waals surface area contributed by atoms with Gasteiger partial charge in [0.1, 0.15) is 0 Å². The molecule has 110 valence electrons. The maximum atomic E-state index is 11.8. The molecule has 0 saturated carbocycles. The molecule has 0 spiro atoms. The average Bonchev–Trinajstić information content (AvgIpc) is 2.53. The fraction of sp³-hybridized carbons (Fsp3) is 0.412. The molecular weight excluding hydrogens is 286 g/mol. The first-order chi connectivity index (χ1) is 10.2. The van der Waals surface area contributed by atoms with Crippen molar-refractivity contribution in [1.29, 1.82) is 0 Å². The number of hydrogen-bond acceptors (Lipinski definition) is 3. The zero-order valence-corrected chi connectivity index (χ0v) is 12.7. The highest BCUT2D eigenvalue weighted by Crippen LogP contribution is 2.36. The monoisotopic (exact) mass is 303 g/mol. The first-order valence-corrected chi connectivity index (χ1v) is 7.62. The lowest BCUT2D eigenvalue weighted by Crippen LogP contribution is -2.33. The van der Waals surface area contributed by atoms with Crippen LogP contribution in [0.2, 0.25) is 0 Å². The summed E-state index contributed by atoms with van der Waals surface area (Å²) < 4.78 is 5.50. The average molecular weight is 304 g/mol. The van der Waals surface area contributed by atoms with E-state index in [1.54, 1.807) is 7.11 Å². The molecule has 4 atom stereocenters. The van der Waals surface area contributed by atoms with Crippen molar-refractivity contribution in [2.75, 3.05) is 7.11 Å². The molecule has 0 saturated heterocycles. The van der Waals surface area contributed by atoms with Gasteiger partial charge in [-0.15, -0.1) is 0 Å². The SMILES string of the molecule is COC1C=CC=CC1C1=CC(C(=O)Cl)C2CCC=CC2=N1. The Hall–Kier alpha value is -1.45. The predicted octanol–water partition coefficient (Wildman–Crippen LogP) is 3.43. The zero-order chi connectivity index (χ0) is 14.8.